The van der Waals surface area contributed by atoms with Gasteiger partial charge in [0.15, 0.2) is 11.5 Å². The molecule has 10 nitrogen and oxygen atoms in total. The third kappa shape index (κ3) is 6.79. The van der Waals surface area contributed by atoms with E-state index in [1.54, 1.807) is 20.4 Å². The molecule has 1 fully saturated rings. The van der Waals surface area contributed by atoms with Crippen LogP contribution in [0.2, 0.25) is 0 Å². The molecule has 0 saturated heterocycles. The number of benzene rings is 1. The third-order valence-corrected chi connectivity index (χ3v) is 4.10. The molecule has 1 aromatic heterocycles. The molecule has 2 aromatic rings. The van der Waals surface area contributed by atoms with E-state index in [0.717, 1.165) is 42.5 Å². The fourth-order valence-corrected chi connectivity index (χ4v) is 2.84. The quantitative estimate of drug-likeness (QED) is 0.557. The van der Waals surface area contributed by atoms with Crippen molar-refractivity contribution in [3.8, 4) is 11.5 Å². The van der Waals surface area contributed by atoms with E-state index in [2.05, 4.69) is 15.3 Å². The molecule has 0 amide bonds. The maximum Gasteiger partial charge on any atom is 0.394 e. The molecular formula is C16H23N3O7S. The lowest BCUT2D eigenvalue weighted by atomic mass is 9.93. The molecule has 0 atom stereocenters. The van der Waals surface area contributed by atoms with E-state index in [1.165, 1.54) is 0 Å². The van der Waals surface area contributed by atoms with Crippen LogP contribution >= 0.6 is 0 Å². The van der Waals surface area contributed by atoms with Crippen LogP contribution in [0.1, 0.15) is 25.7 Å². The van der Waals surface area contributed by atoms with Crippen molar-refractivity contribution in [2.75, 3.05) is 19.5 Å². The SMILES string of the molecule is COc1cc2ncc(N[C@H]3CC[C@@H](O)CC3)nc2cc1OC.O=S(=O)(O)O. The number of anilines is 1. The van der Waals surface area contributed by atoms with E-state index >= 15 is 0 Å². The Labute approximate surface area is 157 Å². The number of aromatic nitrogens is 2. The maximum absolute atomic E-state index is 9.56. The molecule has 3 rings (SSSR count). The highest BCUT2D eigenvalue weighted by molar-refractivity contribution is 7.79. The average Bonchev–Trinajstić information content (AvgIpc) is 2.61. The third-order valence-electron chi connectivity index (χ3n) is 4.10. The summed E-state index contributed by atoms with van der Waals surface area (Å²) in [4.78, 5) is 9.04. The van der Waals surface area contributed by atoms with Gasteiger partial charge in [0, 0.05) is 18.2 Å². The first-order valence-corrected chi connectivity index (χ1v) is 9.62. The molecule has 0 bridgehead atoms. The first-order valence-electron chi connectivity index (χ1n) is 8.23. The molecule has 1 saturated carbocycles. The van der Waals surface area contributed by atoms with Gasteiger partial charge in [-0.25, -0.2) is 4.98 Å². The van der Waals surface area contributed by atoms with Crippen molar-refractivity contribution >= 4 is 27.3 Å². The number of ether oxygens (including phenoxy) is 2. The lowest BCUT2D eigenvalue weighted by Gasteiger charge is -2.26. The summed E-state index contributed by atoms with van der Waals surface area (Å²) < 4.78 is 42.2. The van der Waals surface area contributed by atoms with E-state index in [1.807, 2.05) is 12.1 Å². The minimum absolute atomic E-state index is 0.155. The minimum Gasteiger partial charge on any atom is -0.493 e. The number of nitrogens with one attached hydrogen (secondary N) is 1. The van der Waals surface area contributed by atoms with Crippen molar-refractivity contribution in [1.82, 2.24) is 9.97 Å². The average molecular weight is 401 g/mol. The molecule has 0 unspecified atom stereocenters. The van der Waals surface area contributed by atoms with E-state index in [0.29, 0.717) is 17.5 Å². The number of fused-ring (bicyclic) bond motifs is 1. The van der Waals surface area contributed by atoms with Gasteiger partial charge in [-0.05, 0) is 25.7 Å². The minimum atomic E-state index is -4.67. The molecule has 0 spiro atoms. The van der Waals surface area contributed by atoms with Crippen molar-refractivity contribution < 1.29 is 32.1 Å². The largest absolute Gasteiger partial charge is 0.493 e. The highest BCUT2D eigenvalue weighted by atomic mass is 32.3. The first kappa shape index (κ1) is 21.1. The van der Waals surface area contributed by atoms with E-state index < -0.39 is 10.4 Å². The van der Waals surface area contributed by atoms with Crippen molar-refractivity contribution in [1.29, 1.82) is 0 Å². The number of aliphatic hydroxyl groups excluding tert-OH is 1. The standard InChI is InChI=1S/C16H21N3O3.H2O4S/c1-21-14-7-12-13(8-15(14)22-2)19-16(9-17-12)18-10-3-5-11(20)6-4-10;1-5(2,3)4/h7-11,20H,3-6H2,1-2H3,(H,18,19);(H2,1,2,3,4)/t10-,11+;. The molecule has 1 aliphatic rings. The van der Waals surface area contributed by atoms with Gasteiger partial charge in [-0.3, -0.25) is 14.1 Å². The number of hydrogen-bond acceptors (Lipinski definition) is 8. The number of aliphatic hydroxyl groups is 1. The smallest absolute Gasteiger partial charge is 0.394 e. The predicted molar refractivity (Wildman–Crippen MR) is 98.7 cm³/mol. The van der Waals surface area contributed by atoms with Gasteiger partial charge < -0.3 is 19.9 Å². The van der Waals surface area contributed by atoms with Crippen LogP contribution in [0.3, 0.4) is 0 Å². The van der Waals surface area contributed by atoms with Crippen LogP contribution in [-0.2, 0) is 10.4 Å². The Morgan fingerprint density at radius 1 is 1.04 bits per heavy atom. The van der Waals surface area contributed by atoms with E-state index in [9.17, 15) is 5.11 Å². The van der Waals surface area contributed by atoms with Crippen molar-refractivity contribution in [2.24, 2.45) is 0 Å². The van der Waals surface area contributed by atoms with E-state index in [4.69, 9.17) is 27.0 Å². The van der Waals surface area contributed by atoms with Gasteiger partial charge in [0.2, 0.25) is 0 Å². The maximum atomic E-state index is 9.56. The summed E-state index contributed by atoms with van der Waals surface area (Å²) >= 11 is 0. The van der Waals surface area contributed by atoms with Gasteiger partial charge in [0.05, 0.1) is 37.6 Å². The zero-order valence-electron chi connectivity index (χ0n) is 15.0. The predicted octanol–water partition coefficient (Wildman–Crippen LogP) is 1.71. The zero-order chi connectivity index (χ0) is 20.0. The van der Waals surface area contributed by atoms with Gasteiger partial charge in [-0.15, -0.1) is 0 Å². The fraction of sp³-hybridized carbons (Fsp3) is 0.500. The van der Waals surface area contributed by atoms with Gasteiger partial charge in [-0.1, -0.05) is 0 Å². The summed E-state index contributed by atoms with van der Waals surface area (Å²) in [6, 6.07) is 3.99. The van der Waals surface area contributed by atoms with Gasteiger partial charge in [0.25, 0.3) is 0 Å². The molecular weight excluding hydrogens is 378 g/mol. The summed E-state index contributed by atoms with van der Waals surface area (Å²) in [5, 5.41) is 13.0. The van der Waals surface area contributed by atoms with Crippen molar-refractivity contribution in [2.45, 2.75) is 37.8 Å². The molecule has 1 heterocycles. The van der Waals surface area contributed by atoms with Crippen molar-refractivity contribution in [3.05, 3.63) is 18.3 Å². The summed E-state index contributed by atoms with van der Waals surface area (Å²) in [6.45, 7) is 0. The lowest BCUT2D eigenvalue weighted by molar-refractivity contribution is 0.126. The molecule has 1 aliphatic carbocycles. The van der Waals surface area contributed by atoms with Crippen molar-refractivity contribution in [3.63, 3.8) is 0 Å². The number of hydrogen-bond donors (Lipinski definition) is 4. The summed E-state index contributed by atoms with van der Waals surface area (Å²) in [5.74, 6) is 2.04. The second kappa shape index (κ2) is 9.13. The highest BCUT2D eigenvalue weighted by Crippen LogP contribution is 2.31. The molecule has 0 radical (unpaired) electrons. The summed E-state index contributed by atoms with van der Waals surface area (Å²) in [5.41, 5.74) is 1.53. The number of methoxy groups -OCH3 is 2. The second-order valence-corrected chi connectivity index (χ2v) is 6.94. The molecule has 27 heavy (non-hydrogen) atoms. The number of rotatable bonds is 4. The van der Waals surface area contributed by atoms with Gasteiger partial charge >= 0.3 is 10.4 Å². The Morgan fingerprint density at radius 2 is 1.56 bits per heavy atom. The van der Waals surface area contributed by atoms with Gasteiger partial charge in [-0.2, -0.15) is 8.42 Å². The van der Waals surface area contributed by atoms with Crippen LogP contribution in [0, 0.1) is 0 Å². The first-order chi connectivity index (χ1) is 12.7. The Bertz CT molecular complexity index is 860. The van der Waals surface area contributed by atoms with Crippen LogP contribution in [0.15, 0.2) is 18.3 Å². The molecule has 4 N–H and O–H groups in total. The summed E-state index contributed by atoms with van der Waals surface area (Å²) in [6.07, 6.45) is 5.16. The highest BCUT2D eigenvalue weighted by Gasteiger charge is 2.19. The lowest BCUT2D eigenvalue weighted by Crippen LogP contribution is -2.28. The molecule has 1 aromatic carbocycles. The topological polar surface area (TPSA) is 151 Å². The Balaban J connectivity index is 0.000000465. The molecule has 11 heteroatoms. The molecule has 150 valence electrons. The summed E-state index contributed by atoms with van der Waals surface area (Å²) in [7, 11) is -1.46. The Kier molecular flexibility index (Phi) is 7.13. The number of nitrogens with zero attached hydrogens (tertiary/aromatic N) is 2. The van der Waals surface area contributed by atoms with Crippen LogP contribution in [0.5, 0.6) is 11.5 Å². The van der Waals surface area contributed by atoms with Gasteiger partial charge in [0.1, 0.15) is 5.82 Å². The normalized spacial score (nSPS) is 19.7. The second-order valence-electron chi connectivity index (χ2n) is 6.05. The van der Waals surface area contributed by atoms with E-state index in [-0.39, 0.29) is 6.10 Å². The van der Waals surface area contributed by atoms with Crippen LogP contribution in [-0.4, -0.2) is 59.0 Å². The Hall–Kier alpha value is -2.21. The molecule has 0 aliphatic heterocycles. The monoisotopic (exact) mass is 401 g/mol. The van der Waals surface area contributed by atoms with Crippen LogP contribution < -0.4 is 14.8 Å². The van der Waals surface area contributed by atoms with Crippen LogP contribution in [0.25, 0.3) is 11.0 Å². The zero-order valence-corrected chi connectivity index (χ0v) is 15.8. The fourth-order valence-electron chi connectivity index (χ4n) is 2.84. The Morgan fingerprint density at radius 3 is 2.07 bits per heavy atom. The van der Waals surface area contributed by atoms with Crippen LogP contribution in [0.4, 0.5) is 5.82 Å².